The maximum absolute atomic E-state index is 11.6. The number of nitrogens with one attached hydrogen (secondary N) is 2. The fourth-order valence-electron chi connectivity index (χ4n) is 1.57. The third kappa shape index (κ3) is 4.11. The smallest absolute Gasteiger partial charge is 0.315 e. The van der Waals surface area contributed by atoms with Gasteiger partial charge in [0.2, 0.25) is 0 Å². The summed E-state index contributed by atoms with van der Waals surface area (Å²) in [6.45, 7) is 2.24. The number of urea groups is 1. The molecule has 0 radical (unpaired) electrons. The van der Waals surface area contributed by atoms with Crippen LogP contribution in [-0.4, -0.2) is 41.7 Å². The Bertz CT molecular complexity index is 292. The third-order valence-corrected chi connectivity index (χ3v) is 3.83. The second-order valence-corrected chi connectivity index (χ2v) is 5.38. The molecule has 3 N–H and O–H groups in total. The van der Waals surface area contributed by atoms with Gasteiger partial charge in [-0.15, -0.1) is 0 Å². The number of carbonyl (C=O) groups is 2. The van der Waals surface area contributed by atoms with Crippen LogP contribution in [0.25, 0.3) is 0 Å². The van der Waals surface area contributed by atoms with Crippen molar-refractivity contribution in [2.75, 3.05) is 18.6 Å². The van der Waals surface area contributed by atoms with E-state index in [1.165, 1.54) is 0 Å². The van der Waals surface area contributed by atoms with E-state index in [1.807, 2.05) is 13.2 Å². The maximum atomic E-state index is 11.6. The number of thioether (sulfide) groups is 1. The number of aliphatic carboxylic acids is 1. The van der Waals surface area contributed by atoms with Crippen molar-refractivity contribution in [2.45, 2.75) is 32.2 Å². The number of amides is 2. The first-order valence-corrected chi connectivity index (χ1v) is 7.20. The zero-order valence-corrected chi connectivity index (χ0v) is 11.1. The summed E-state index contributed by atoms with van der Waals surface area (Å²) >= 11 is 1.68. The first-order chi connectivity index (χ1) is 8.04. The van der Waals surface area contributed by atoms with Crippen LogP contribution in [0.15, 0.2) is 0 Å². The highest BCUT2D eigenvalue weighted by atomic mass is 32.2. The Labute approximate surface area is 106 Å². The minimum absolute atomic E-state index is 0.144. The van der Waals surface area contributed by atoms with E-state index < -0.39 is 11.4 Å². The number of carboxylic acids is 1. The molecule has 0 saturated heterocycles. The molecule has 1 saturated carbocycles. The maximum Gasteiger partial charge on any atom is 0.315 e. The minimum Gasteiger partial charge on any atom is -0.481 e. The summed E-state index contributed by atoms with van der Waals surface area (Å²) in [6.07, 6.45) is 4.18. The molecule has 0 bridgehead atoms. The molecule has 0 aliphatic heterocycles. The molecule has 0 spiro atoms. The van der Waals surface area contributed by atoms with Crippen LogP contribution in [0.5, 0.6) is 0 Å². The molecule has 1 atom stereocenters. The predicted octanol–water partition coefficient (Wildman–Crippen LogP) is 1.29. The lowest BCUT2D eigenvalue weighted by molar-refractivity contribution is -0.143. The van der Waals surface area contributed by atoms with Gasteiger partial charge in [0.15, 0.2) is 0 Å². The number of rotatable bonds is 7. The summed E-state index contributed by atoms with van der Waals surface area (Å²) in [4.78, 5) is 22.5. The molecule has 1 fully saturated rings. The van der Waals surface area contributed by atoms with Crippen molar-refractivity contribution in [1.82, 2.24) is 10.6 Å². The number of carboxylic acid groups (broad SMARTS) is 1. The van der Waals surface area contributed by atoms with Crippen LogP contribution in [0.1, 0.15) is 26.2 Å². The summed E-state index contributed by atoms with van der Waals surface area (Å²) in [5.41, 5.74) is -0.696. The van der Waals surface area contributed by atoms with Crippen LogP contribution in [-0.2, 0) is 4.79 Å². The highest BCUT2D eigenvalue weighted by Gasteiger charge is 2.50. The molecule has 0 aromatic heterocycles. The summed E-state index contributed by atoms with van der Waals surface area (Å²) in [6, 6.07) is -0.122. The number of hydrogen-bond donors (Lipinski definition) is 3. The van der Waals surface area contributed by atoms with Gasteiger partial charge in [0.25, 0.3) is 0 Å². The van der Waals surface area contributed by atoms with Gasteiger partial charge in [0, 0.05) is 18.3 Å². The van der Waals surface area contributed by atoms with Gasteiger partial charge in [-0.05, 0) is 25.5 Å². The van der Waals surface area contributed by atoms with Gasteiger partial charge < -0.3 is 15.7 Å². The average molecular weight is 260 g/mol. The zero-order valence-electron chi connectivity index (χ0n) is 10.3. The fraction of sp³-hybridized carbons (Fsp3) is 0.818. The Morgan fingerprint density at radius 2 is 2.12 bits per heavy atom. The van der Waals surface area contributed by atoms with E-state index in [-0.39, 0.29) is 18.6 Å². The molecule has 1 rings (SSSR count). The van der Waals surface area contributed by atoms with Crippen LogP contribution in [0.2, 0.25) is 0 Å². The van der Waals surface area contributed by atoms with E-state index in [2.05, 4.69) is 10.6 Å². The lowest BCUT2D eigenvalue weighted by Gasteiger charge is -2.17. The van der Waals surface area contributed by atoms with Gasteiger partial charge in [0.1, 0.15) is 0 Å². The van der Waals surface area contributed by atoms with E-state index in [4.69, 9.17) is 5.11 Å². The second-order valence-electron chi connectivity index (χ2n) is 4.47. The van der Waals surface area contributed by atoms with Gasteiger partial charge in [-0.2, -0.15) is 11.8 Å². The van der Waals surface area contributed by atoms with E-state index in [0.29, 0.717) is 12.8 Å². The molecular formula is C11H20N2O3S. The molecule has 98 valence electrons. The monoisotopic (exact) mass is 260 g/mol. The number of hydrogen-bond acceptors (Lipinski definition) is 3. The van der Waals surface area contributed by atoms with Gasteiger partial charge in [-0.1, -0.05) is 6.92 Å². The fourth-order valence-corrected chi connectivity index (χ4v) is 2.29. The Kier molecular flexibility index (Phi) is 5.11. The Balaban J connectivity index is 2.28. The highest BCUT2D eigenvalue weighted by Crippen LogP contribution is 2.45. The summed E-state index contributed by atoms with van der Waals surface area (Å²) in [5.74, 6) is 0.0579. The van der Waals surface area contributed by atoms with Crippen LogP contribution in [0.3, 0.4) is 0 Å². The lowest BCUT2D eigenvalue weighted by Crippen LogP contribution is -2.45. The summed E-state index contributed by atoms with van der Waals surface area (Å²) in [7, 11) is 0. The largest absolute Gasteiger partial charge is 0.481 e. The summed E-state index contributed by atoms with van der Waals surface area (Å²) < 4.78 is 0. The molecule has 0 aromatic rings. The van der Waals surface area contributed by atoms with Gasteiger partial charge in [0.05, 0.1) is 5.41 Å². The SMILES string of the molecule is CCC(CSC)NC(=O)NCC1(C(=O)O)CC1. The van der Waals surface area contributed by atoms with E-state index >= 15 is 0 Å². The van der Waals surface area contributed by atoms with Crippen LogP contribution in [0.4, 0.5) is 4.79 Å². The molecule has 6 heteroatoms. The van der Waals surface area contributed by atoms with Crippen LogP contribution in [0, 0.1) is 5.41 Å². The quantitative estimate of drug-likeness (QED) is 0.644. The Morgan fingerprint density at radius 3 is 2.53 bits per heavy atom. The molecule has 0 heterocycles. The third-order valence-electron chi connectivity index (χ3n) is 3.09. The second kappa shape index (κ2) is 6.14. The molecular weight excluding hydrogens is 240 g/mol. The Morgan fingerprint density at radius 1 is 1.47 bits per heavy atom. The van der Waals surface area contributed by atoms with Crippen molar-refractivity contribution in [2.24, 2.45) is 5.41 Å². The highest BCUT2D eigenvalue weighted by molar-refractivity contribution is 7.98. The molecule has 1 unspecified atom stereocenters. The van der Waals surface area contributed by atoms with Crippen LogP contribution >= 0.6 is 11.8 Å². The molecule has 2 amide bonds. The van der Waals surface area contributed by atoms with Gasteiger partial charge in [-0.3, -0.25) is 4.79 Å². The molecule has 0 aromatic carbocycles. The first-order valence-electron chi connectivity index (χ1n) is 5.81. The molecule has 5 nitrogen and oxygen atoms in total. The zero-order chi connectivity index (χ0) is 12.9. The molecule has 1 aliphatic rings. The molecule has 17 heavy (non-hydrogen) atoms. The summed E-state index contributed by atoms with van der Waals surface area (Å²) in [5, 5.41) is 14.4. The van der Waals surface area contributed by atoms with Crippen molar-refractivity contribution < 1.29 is 14.7 Å². The predicted molar refractivity (Wildman–Crippen MR) is 68.3 cm³/mol. The van der Waals surface area contributed by atoms with Crippen molar-refractivity contribution in [3.05, 3.63) is 0 Å². The van der Waals surface area contributed by atoms with E-state index in [0.717, 1.165) is 12.2 Å². The van der Waals surface area contributed by atoms with Crippen molar-refractivity contribution in [3.8, 4) is 0 Å². The van der Waals surface area contributed by atoms with Crippen molar-refractivity contribution in [1.29, 1.82) is 0 Å². The van der Waals surface area contributed by atoms with Crippen LogP contribution < -0.4 is 10.6 Å². The van der Waals surface area contributed by atoms with Gasteiger partial charge >= 0.3 is 12.0 Å². The topological polar surface area (TPSA) is 78.4 Å². The first kappa shape index (κ1) is 14.2. The Hall–Kier alpha value is -0.910. The molecule has 1 aliphatic carbocycles. The lowest BCUT2D eigenvalue weighted by atomic mass is 10.1. The minimum atomic E-state index is -0.811. The van der Waals surface area contributed by atoms with E-state index in [9.17, 15) is 9.59 Å². The average Bonchev–Trinajstić information content (AvgIpc) is 3.07. The number of carbonyl (C=O) groups excluding carboxylic acids is 1. The van der Waals surface area contributed by atoms with Crippen molar-refractivity contribution in [3.63, 3.8) is 0 Å². The van der Waals surface area contributed by atoms with E-state index in [1.54, 1.807) is 11.8 Å². The normalized spacial score (nSPS) is 18.2. The van der Waals surface area contributed by atoms with Gasteiger partial charge in [-0.25, -0.2) is 4.79 Å². The standard InChI is InChI=1S/C11H20N2O3S/c1-3-8(6-17-2)13-10(16)12-7-11(4-5-11)9(14)15/h8H,3-7H2,1-2H3,(H,14,15)(H2,12,13,16). The van der Waals surface area contributed by atoms with Crippen molar-refractivity contribution >= 4 is 23.8 Å².